The Morgan fingerprint density at radius 2 is 1.76 bits per heavy atom. The van der Waals surface area contributed by atoms with Gasteiger partial charge in [0.05, 0.1) is 22.9 Å². The van der Waals surface area contributed by atoms with Gasteiger partial charge in [0.1, 0.15) is 16.5 Å². The fraction of sp³-hybridized carbons (Fsp3) is 0.368. The number of methoxy groups -OCH3 is 1. The van der Waals surface area contributed by atoms with Crippen molar-refractivity contribution in [2.75, 3.05) is 19.5 Å². The van der Waals surface area contributed by atoms with Gasteiger partial charge >= 0.3 is 0 Å². The molecule has 2 N–H and O–H groups in total. The SMILES string of the molecule is CNC(c1ccc(Nc2cnc3sc(C)nc3c2C(OC)C(F)F)cc1)C(F)F. The van der Waals surface area contributed by atoms with Crippen molar-refractivity contribution in [1.29, 1.82) is 0 Å². The molecule has 0 spiro atoms. The highest BCUT2D eigenvalue weighted by Crippen LogP contribution is 2.38. The number of anilines is 2. The number of nitrogens with zero attached hydrogens (tertiary/aromatic N) is 2. The monoisotopic (exact) mass is 428 g/mol. The van der Waals surface area contributed by atoms with E-state index in [-0.39, 0.29) is 5.56 Å². The predicted octanol–water partition coefficient (Wildman–Crippen LogP) is 5.22. The summed E-state index contributed by atoms with van der Waals surface area (Å²) in [5.41, 5.74) is 1.84. The average Bonchev–Trinajstić information content (AvgIpc) is 3.05. The summed E-state index contributed by atoms with van der Waals surface area (Å²) in [4.78, 5) is 9.18. The van der Waals surface area contributed by atoms with Crippen LogP contribution in [0, 0.1) is 6.92 Å². The Hall–Kier alpha value is -2.30. The second-order valence-electron chi connectivity index (χ2n) is 6.31. The first kappa shape index (κ1) is 21.4. The van der Waals surface area contributed by atoms with Crippen LogP contribution in [0.3, 0.4) is 0 Å². The van der Waals surface area contributed by atoms with E-state index in [1.54, 1.807) is 31.2 Å². The number of hydrogen-bond acceptors (Lipinski definition) is 6. The Balaban J connectivity index is 1.99. The molecular weight excluding hydrogens is 408 g/mol. The van der Waals surface area contributed by atoms with Crippen LogP contribution < -0.4 is 10.6 Å². The maximum atomic E-state index is 13.6. The molecule has 2 heterocycles. The summed E-state index contributed by atoms with van der Waals surface area (Å²) in [6, 6.07) is 5.22. The van der Waals surface area contributed by atoms with Crippen LogP contribution in [0.15, 0.2) is 30.5 Å². The highest BCUT2D eigenvalue weighted by molar-refractivity contribution is 7.18. The second kappa shape index (κ2) is 9.02. The first-order chi connectivity index (χ1) is 13.8. The molecule has 29 heavy (non-hydrogen) atoms. The molecule has 0 saturated heterocycles. The third-order valence-electron chi connectivity index (χ3n) is 4.45. The van der Waals surface area contributed by atoms with Gasteiger partial charge in [-0.15, -0.1) is 0 Å². The number of alkyl halides is 4. The molecule has 3 aromatic rings. The topological polar surface area (TPSA) is 59.1 Å². The minimum atomic E-state index is -2.77. The lowest BCUT2D eigenvalue weighted by Gasteiger charge is -2.20. The van der Waals surface area contributed by atoms with E-state index in [4.69, 9.17) is 4.74 Å². The van der Waals surface area contributed by atoms with Crippen LogP contribution in [0.1, 0.15) is 28.3 Å². The lowest BCUT2D eigenvalue weighted by atomic mass is 10.1. The molecule has 1 aromatic carbocycles. The Labute approximate surface area is 169 Å². The number of halogens is 4. The number of thiazole rings is 1. The van der Waals surface area contributed by atoms with E-state index in [9.17, 15) is 17.6 Å². The maximum Gasteiger partial charge on any atom is 0.268 e. The highest BCUT2D eigenvalue weighted by Gasteiger charge is 2.29. The molecule has 5 nitrogen and oxygen atoms in total. The van der Waals surface area contributed by atoms with E-state index < -0.39 is 25.0 Å². The van der Waals surface area contributed by atoms with Crippen LogP contribution in [0.2, 0.25) is 0 Å². The first-order valence-corrected chi connectivity index (χ1v) is 9.56. The number of aromatic nitrogens is 2. The van der Waals surface area contributed by atoms with Gasteiger partial charge in [0.2, 0.25) is 0 Å². The smallest absolute Gasteiger partial charge is 0.268 e. The van der Waals surface area contributed by atoms with E-state index in [0.717, 1.165) is 0 Å². The molecule has 0 fully saturated rings. The molecule has 2 unspecified atom stereocenters. The van der Waals surface area contributed by atoms with Gasteiger partial charge in [-0.1, -0.05) is 23.5 Å². The number of benzene rings is 1. The van der Waals surface area contributed by atoms with Gasteiger partial charge < -0.3 is 15.4 Å². The molecule has 2 aromatic heterocycles. The Bertz CT molecular complexity index is 965. The lowest BCUT2D eigenvalue weighted by Crippen LogP contribution is -2.23. The van der Waals surface area contributed by atoms with Gasteiger partial charge in [-0.25, -0.2) is 27.5 Å². The molecule has 0 saturated carbocycles. The molecule has 0 bridgehead atoms. The zero-order valence-corrected chi connectivity index (χ0v) is 16.7. The normalized spacial score (nSPS) is 14.0. The predicted molar refractivity (Wildman–Crippen MR) is 105 cm³/mol. The van der Waals surface area contributed by atoms with Crippen LogP contribution in [-0.4, -0.2) is 37.0 Å². The zero-order chi connectivity index (χ0) is 21.1. The Morgan fingerprint density at radius 3 is 2.31 bits per heavy atom. The summed E-state index contributed by atoms with van der Waals surface area (Å²) in [7, 11) is 2.67. The van der Waals surface area contributed by atoms with E-state index >= 15 is 0 Å². The van der Waals surface area contributed by atoms with Crippen molar-refractivity contribution in [3.63, 3.8) is 0 Å². The molecule has 156 valence electrons. The summed E-state index contributed by atoms with van der Waals surface area (Å²) in [6.45, 7) is 1.77. The average molecular weight is 428 g/mol. The van der Waals surface area contributed by atoms with Crippen molar-refractivity contribution in [1.82, 2.24) is 15.3 Å². The number of pyridine rings is 1. The third kappa shape index (κ3) is 4.49. The number of fused-ring (bicyclic) bond motifs is 1. The number of hydrogen-bond donors (Lipinski definition) is 2. The molecule has 3 rings (SSSR count). The maximum absolute atomic E-state index is 13.6. The van der Waals surface area contributed by atoms with Crippen molar-refractivity contribution in [2.45, 2.75) is 31.9 Å². The second-order valence-corrected chi connectivity index (χ2v) is 7.49. The molecule has 0 amide bonds. The van der Waals surface area contributed by atoms with Gasteiger partial charge in [-0.3, -0.25) is 0 Å². The molecule has 2 atom stereocenters. The van der Waals surface area contributed by atoms with Gasteiger partial charge in [-0.2, -0.15) is 0 Å². The largest absolute Gasteiger partial charge is 0.371 e. The summed E-state index contributed by atoms with van der Waals surface area (Å²) in [6.07, 6.45) is -5.36. The molecule has 0 aliphatic heterocycles. The molecule has 10 heteroatoms. The van der Waals surface area contributed by atoms with E-state index in [1.165, 1.54) is 31.7 Å². The number of ether oxygens (including phenoxy) is 1. The zero-order valence-electron chi connectivity index (χ0n) is 15.9. The van der Waals surface area contributed by atoms with Gasteiger partial charge in [0, 0.05) is 18.4 Å². The fourth-order valence-electron chi connectivity index (χ4n) is 3.10. The van der Waals surface area contributed by atoms with Crippen LogP contribution >= 0.6 is 11.3 Å². The molecule has 0 aliphatic carbocycles. The summed E-state index contributed by atoms with van der Waals surface area (Å²) in [5, 5.41) is 6.30. The van der Waals surface area contributed by atoms with Crippen LogP contribution in [-0.2, 0) is 4.74 Å². The van der Waals surface area contributed by atoms with Crippen molar-refractivity contribution in [3.8, 4) is 0 Å². The van der Waals surface area contributed by atoms with Crippen molar-refractivity contribution in [3.05, 3.63) is 46.6 Å². The van der Waals surface area contributed by atoms with Crippen molar-refractivity contribution >= 4 is 33.1 Å². The summed E-state index contributed by atoms with van der Waals surface area (Å²) < 4.78 is 58.4. The number of nitrogens with one attached hydrogen (secondary N) is 2. The number of aryl methyl sites for hydroxylation is 1. The van der Waals surface area contributed by atoms with Crippen molar-refractivity contribution < 1.29 is 22.3 Å². The minimum Gasteiger partial charge on any atom is -0.371 e. The van der Waals surface area contributed by atoms with E-state index in [0.29, 0.717) is 32.3 Å². The quantitative estimate of drug-likeness (QED) is 0.482. The first-order valence-electron chi connectivity index (χ1n) is 8.75. The molecule has 0 aliphatic rings. The highest BCUT2D eigenvalue weighted by atomic mass is 32.1. The Kier molecular flexibility index (Phi) is 6.66. The van der Waals surface area contributed by atoms with Gasteiger partial charge in [0.15, 0.2) is 0 Å². The van der Waals surface area contributed by atoms with Crippen LogP contribution in [0.4, 0.5) is 28.9 Å². The van der Waals surface area contributed by atoms with Gasteiger partial charge in [0.25, 0.3) is 12.9 Å². The van der Waals surface area contributed by atoms with Crippen LogP contribution in [0.5, 0.6) is 0 Å². The molecular formula is C19H20F4N4OS. The summed E-state index contributed by atoms with van der Waals surface area (Å²) in [5.74, 6) is 0. The lowest BCUT2D eigenvalue weighted by molar-refractivity contribution is -0.0332. The standard InChI is InChI=1S/C19H20F4N4OS/c1-9-26-15-13(16(28-3)18(22)23)12(8-25-19(15)29-9)27-11-6-4-10(5-7-11)14(24-2)17(20)21/h4-8,14,16-18,24,27H,1-3H3. The fourth-order valence-corrected chi connectivity index (χ4v) is 3.88. The van der Waals surface area contributed by atoms with Gasteiger partial charge in [-0.05, 0) is 31.7 Å². The van der Waals surface area contributed by atoms with Crippen LogP contribution in [0.25, 0.3) is 10.3 Å². The summed E-state index contributed by atoms with van der Waals surface area (Å²) >= 11 is 1.30. The van der Waals surface area contributed by atoms with E-state index in [1.807, 2.05) is 0 Å². The van der Waals surface area contributed by atoms with Crippen molar-refractivity contribution in [2.24, 2.45) is 0 Å². The third-order valence-corrected chi connectivity index (χ3v) is 5.33. The minimum absolute atomic E-state index is 0.210. The number of rotatable bonds is 8. The van der Waals surface area contributed by atoms with E-state index in [2.05, 4.69) is 20.6 Å². The molecule has 0 radical (unpaired) electrons. The Morgan fingerprint density at radius 1 is 1.07 bits per heavy atom.